The Bertz CT molecular complexity index is 1010. The van der Waals surface area contributed by atoms with Crippen LogP contribution in [0, 0.1) is 10.1 Å². The maximum Gasteiger partial charge on any atom is 0.269 e. The predicted molar refractivity (Wildman–Crippen MR) is 115 cm³/mol. The normalized spacial score (nSPS) is 10.8. The molecule has 0 saturated carbocycles. The van der Waals surface area contributed by atoms with E-state index in [1.54, 1.807) is 18.2 Å². The van der Waals surface area contributed by atoms with Gasteiger partial charge in [0.2, 0.25) is 0 Å². The molecule has 148 valence electrons. The lowest BCUT2D eigenvalue weighted by Crippen LogP contribution is -1.97. The smallest absolute Gasteiger partial charge is 0.269 e. The largest absolute Gasteiger partial charge is 0.486 e. The van der Waals surface area contributed by atoms with Gasteiger partial charge in [0.25, 0.3) is 5.69 Å². The molecule has 0 aliphatic carbocycles. The van der Waals surface area contributed by atoms with Crippen LogP contribution < -0.4 is 4.74 Å². The second-order valence-electron chi connectivity index (χ2n) is 6.02. The van der Waals surface area contributed by atoms with Crippen molar-refractivity contribution >= 4 is 39.4 Å². The van der Waals surface area contributed by atoms with Crippen molar-refractivity contribution in [1.29, 1.82) is 0 Å². The molecule has 0 aromatic heterocycles. The Morgan fingerprint density at radius 3 is 2.52 bits per heavy atom. The average Bonchev–Trinajstić information content (AvgIpc) is 2.71. The summed E-state index contributed by atoms with van der Waals surface area (Å²) in [6.07, 6.45) is 1.51. The fourth-order valence-electron chi connectivity index (χ4n) is 2.49. The zero-order valence-corrected chi connectivity index (χ0v) is 17.5. The first kappa shape index (κ1) is 20.8. The highest BCUT2D eigenvalue weighted by Crippen LogP contribution is 2.34. The number of rotatable bonds is 8. The number of benzene rings is 3. The fourth-order valence-corrected chi connectivity index (χ4v) is 3.48. The summed E-state index contributed by atoms with van der Waals surface area (Å²) in [6, 6.07) is 19.5. The third-order valence-corrected chi connectivity index (χ3v) is 4.75. The van der Waals surface area contributed by atoms with E-state index in [4.69, 9.17) is 21.2 Å². The van der Waals surface area contributed by atoms with Crippen LogP contribution in [0.1, 0.15) is 16.7 Å². The highest BCUT2D eigenvalue weighted by Gasteiger charge is 2.09. The maximum absolute atomic E-state index is 10.8. The lowest BCUT2D eigenvalue weighted by Gasteiger charge is -2.11. The minimum atomic E-state index is -0.451. The van der Waals surface area contributed by atoms with Crippen LogP contribution in [0.25, 0.3) is 0 Å². The molecule has 8 heteroatoms. The molecule has 0 spiro atoms. The number of hydrogen-bond acceptors (Lipinski definition) is 5. The number of ether oxygens (including phenoxy) is 1. The first-order valence-corrected chi connectivity index (χ1v) is 9.74. The molecule has 0 bridgehead atoms. The van der Waals surface area contributed by atoms with E-state index in [0.29, 0.717) is 33.0 Å². The minimum Gasteiger partial charge on any atom is -0.486 e. The van der Waals surface area contributed by atoms with E-state index in [1.165, 1.54) is 18.3 Å². The standard InChI is InChI=1S/C21H16BrClN2O4/c22-19-10-17(11-20(23)21(19)28-13-15-5-2-1-3-6-15)12-24-29-14-16-7-4-8-18(9-16)25(26)27/h1-12H,13-14H2/b24-12-. The highest BCUT2D eigenvalue weighted by atomic mass is 79.9. The quantitative estimate of drug-likeness (QED) is 0.223. The Balaban J connectivity index is 1.59. The fraction of sp³-hybridized carbons (Fsp3) is 0.0952. The summed E-state index contributed by atoms with van der Waals surface area (Å²) in [5.41, 5.74) is 2.42. The van der Waals surface area contributed by atoms with Crippen molar-refractivity contribution in [2.45, 2.75) is 13.2 Å². The lowest BCUT2D eigenvalue weighted by molar-refractivity contribution is -0.384. The van der Waals surface area contributed by atoms with Gasteiger partial charge in [-0.3, -0.25) is 10.1 Å². The van der Waals surface area contributed by atoms with Crippen molar-refractivity contribution in [3.8, 4) is 5.75 Å². The molecular weight excluding hydrogens is 460 g/mol. The van der Waals surface area contributed by atoms with Gasteiger partial charge in [-0.2, -0.15) is 0 Å². The molecule has 3 aromatic rings. The van der Waals surface area contributed by atoms with Gasteiger partial charge < -0.3 is 9.57 Å². The van der Waals surface area contributed by atoms with E-state index >= 15 is 0 Å². The molecule has 0 radical (unpaired) electrons. The molecule has 0 saturated heterocycles. The highest BCUT2D eigenvalue weighted by molar-refractivity contribution is 9.10. The molecule has 3 rings (SSSR count). The van der Waals surface area contributed by atoms with Gasteiger partial charge in [-0.05, 0) is 44.8 Å². The van der Waals surface area contributed by atoms with Gasteiger partial charge in [0.1, 0.15) is 13.2 Å². The number of hydrogen-bond donors (Lipinski definition) is 0. The third kappa shape index (κ3) is 6.04. The molecule has 0 aliphatic rings. The molecule has 0 atom stereocenters. The van der Waals surface area contributed by atoms with E-state index < -0.39 is 4.92 Å². The van der Waals surface area contributed by atoms with Crippen LogP contribution in [0.3, 0.4) is 0 Å². The van der Waals surface area contributed by atoms with E-state index in [1.807, 2.05) is 36.4 Å². The van der Waals surface area contributed by atoms with Gasteiger partial charge in [0.15, 0.2) is 5.75 Å². The van der Waals surface area contributed by atoms with E-state index in [9.17, 15) is 10.1 Å². The van der Waals surface area contributed by atoms with Crippen molar-refractivity contribution in [2.24, 2.45) is 5.16 Å². The molecule has 3 aromatic carbocycles. The topological polar surface area (TPSA) is 74.0 Å². The Labute approximate surface area is 181 Å². The minimum absolute atomic E-state index is 0.0110. The number of nitrogens with zero attached hydrogens (tertiary/aromatic N) is 2. The van der Waals surface area contributed by atoms with Gasteiger partial charge in [-0.25, -0.2) is 0 Å². The van der Waals surface area contributed by atoms with Crippen molar-refractivity contribution in [3.63, 3.8) is 0 Å². The molecule has 0 aliphatic heterocycles. The SMILES string of the molecule is O=[N+]([O-])c1cccc(CO/N=C\c2cc(Cl)c(OCc3ccccc3)c(Br)c2)c1. The molecule has 0 heterocycles. The van der Waals surface area contributed by atoms with Gasteiger partial charge in [-0.1, -0.05) is 59.2 Å². The molecule has 0 unspecified atom stereocenters. The van der Waals surface area contributed by atoms with Crippen LogP contribution in [-0.2, 0) is 18.1 Å². The summed E-state index contributed by atoms with van der Waals surface area (Å²) < 4.78 is 6.51. The molecule has 29 heavy (non-hydrogen) atoms. The maximum atomic E-state index is 10.8. The van der Waals surface area contributed by atoms with Crippen molar-refractivity contribution in [2.75, 3.05) is 0 Å². The number of nitro benzene ring substituents is 1. The Morgan fingerprint density at radius 1 is 1.03 bits per heavy atom. The van der Waals surface area contributed by atoms with Crippen LogP contribution >= 0.6 is 27.5 Å². The third-order valence-electron chi connectivity index (χ3n) is 3.88. The average molecular weight is 476 g/mol. The first-order valence-electron chi connectivity index (χ1n) is 8.57. The number of non-ortho nitro benzene ring substituents is 1. The number of halogens is 2. The zero-order chi connectivity index (χ0) is 20.6. The molecule has 0 N–H and O–H groups in total. The Morgan fingerprint density at radius 2 is 1.79 bits per heavy atom. The van der Waals surface area contributed by atoms with Crippen molar-refractivity contribution in [1.82, 2.24) is 0 Å². The number of nitro groups is 1. The zero-order valence-electron chi connectivity index (χ0n) is 15.1. The van der Waals surface area contributed by atoms with Crippen LogP contribution in [0.2, 0.25) is 5.02 Å². The summed E-state index contributed by atoms with van der Waals surface area (Å²) in [5, 5.41) is 15.1. The number of oxime groups is 1. The van der Waals surface area contributed by atoms with Gasteiger partial charge in [-0.15, -0.1) is 0 Å². The monoisotopic (exact) mass is 474 g/mol. The van der Waals surface area contributed by atoms with Gasteiger partial charge in [0.05, 0.1) is 20.6 Å². The molecule has 0 fully saturated rings. The van der Waals surface area contributed by atoms with Crippen LogP contribution in [-0.4, -0.2) is 11.1 Å². The summed E-state index contributed by atoms with van der Waals surface area (Å²) in [5.74, 6) is 0.546. The van der Waals surface area contributed by atoms with Crippen LogP contribution in [0.15, 0.2) is 76.4 Å². The van der Waals surface area contributed by atoms with E-state index in [2.05, 4.69) is 21.1 Å². The first-order chi connectivity index (χ1) is 14.0. The summed E-state index contributed by atoms with van der Waals surface area (Å²) in [4.78, 5) is 15.6. The second kappa shape index (κ2) is 10.0. The van der Waals surface area contributed by atoms with Crippen molar-refractivity contribution < 1.29 is 14.5 Å². The van der Waals surface area contributed by atoms with Gasteiger partial charge in [0, 0.05) is 12.1 Å². The van der Waals surface area contributed by atoms with Gasteiger partial charge >= 0.3 is 0 Å². The van der Waals surface area contributed by atoms with E-state index in [-0.39, 0.29) is 12.3 Å². The Kier molecular flexibility index (Phi) is 7.21. The lowest BCUT2D eigenvalue weighted by atomic mass is 10.2. The summed E-state index contributed by atoms with van der Waals surface area (Å²) >= 11 is 9.80. The van der Waals surface area contributed by atoms with Crippen LogP contribution in [0.5, 0.6) is 5.75 Å². The van der Waals surface area contributed by atoms with Crippen molar-refractivity contribution in [3.05, 3.63) is 103 Å². The summed E-state index contributed by atoms with van der Waals surface area (Å²) in [6.45, 7) is 0.518. The Hall–Kier alpha value is -2.90. The van der Waals surface area contributed by atoms with E-state index in [0.717, 1.165) is 5.56 Å². The molecule has 6 nitrogen and oxygen atoms in total. The molecule has 0 amide bonds. The van der Waals surface area contributed by atoms with Crippen LogP contribution in [0.4, 0.5) is 5.69 Å². The molecular formula is C21H16BrClN2O4. The predicted octanol–water partition coefficient (Wildman–Crippen LogP) is 6.14. The second-order valence-corrected chi connectivity index (χ2v) is 7.28. The summed E-state index contributed by atoms with van der Waals surface area (Å²) in [7, 11) is 0.